The summed E-state index contributed by atoms with van der Waals surface area (Å²) in [6.45, 7) is 4.13. The average molecular weight is 260 g/mol. The van der Waals surface area contributed by atoms with E-state index in [-0.39, 0.29) is 12.5 Å². The maximum atomic E-state index is 11.5. The Hall–Kier alpha value is -0.260. The van der Waals surface area contributed by atoms with Crippen molar-refractivity contribution in [3.63, 3.8) is 0 Å². The van der Waals surface area contributed by atoms with E-state index in [4.69, 9.17) is 10.8 Å². The zero-order valence-corrected chi connectivity index (χ0v) is 11.6. The van der Waals surface area contributed by atoms with Crippen LogP contribution >= 0.6 is 11.8 Å². The lowest BCUT2D eigenvalue weighted by atomic mass is 9.98. The van der Waals surface area contributed by atoms with E-state index in [1.54, 1.807) is 11.8 Å². The van der Waals surface area contributed by atoms with E-state index in [9.17, 15) is 4.79 Å². The van der Waals surface area contributed by atoms with Gasteiger partial charge in [0.2, 0.25) is 5.91 Å². The van der Waals surface area contributed by atoms with Crippen LogP contribution in [0, 0.1) is 5.92 Å². The fourth-order valence-corrected chi connectivity index (χ4v) is 2.79. The molecule has 1 saturated carbocycles. The van der Waals surface area contributed by atoms with Crippen molar-refractivity contribution in [3.8, 4) is 0 Å². The molecule has 4 N–H and O–H groups in total. The predicted octanol–water partition coefficient (Wildman–Crippen LogP) is 0.734. The average Bonchev–Trinajstić information content (AvgIpc) is 3.07. The molecule has 0 heterocycles. The van der Waals surface area contributed by atoms with Gasteiger partial charge in [0.05, 0.1) is 5.54 Å². The molecule has 1 rings (SSSR count). The van der Waals surface area contributed by atoms with Crippen LogP contribution in [0.5, 0.6) is 0 Å². The summed E-state index contributed by atoms with van der Waals surface area (Å²) in [5, 5.41) is 12.2. The molecule has 4 nitrogen and oxygen atoms in total. The van der Waals surface area contributed by atoms with Crippen LogP contribution in [0.2, 0.25) is 0 Å². The molecule has 1 amide bonds. The Kier molecular flexibility index (Phi) is 5.76. The fraction of sp³-hybridized carbons (Fsp3) is 0.917. The third kappa shape index (κ3) is 5.27. The molecule has 0 spiro atoms. The lowest BCUT2D eigenvalue weighted by Crippen LogP contribution is -2.54. The third-order valence-corrected chi connectivity index (χ3v) is 4.40. The fourth-order valence-electron chi connectivity index (χ4n) is 1.56. The lowest BCUT2D eigenvalue weighted by Gasteiger charge is -2.27. The molecule has 1 aliphatic rings. The van der Waals surface area contributed by atoms with Crippen molar-refractivity contribution in [2.24, 2.45) is 11.7 Å². The SMILES string of the molecule is CC(CO)CSCCC(C)(NC1CC1)C(N)=O. The maximum absolute atomic E-state index is 11.5. The van der Waals surface area contributed by atoms with Gasteiger partial charge in [-0.05, 0) is 43.6 Å². The third-order valence-electron chi connectivity index (χ3n) is 3.10. The molecule has 5 heteroatoms. The standard InChI is InChI=1S/C12H24N2O2S/c1-9(7-15)8-17-6-5-12(2,11(13)16)14-10-3-4-10/h9-10,14-15H,3-8H2,1-2H3,(H2,13,16). The maximum Gasteiger partial charge on any atom is 0.237 e. The number of hydrogen-bond acceptors (Lipinski definition) is 4. The number of nitrogens with two attached hydrogens (primary N) is 1. The molecular formula is C12H24N2O2S. The number of aliphatic hydroxyl groups excluding tert-OH is 1. The van der Waals surface area contributed by atoms with Crippen LogP contribution in [0.4, 0.5) is 0 Å². The quantitative estimate of drug-likeness (QED) is 0.534. The van der Waals surface area contributed by atoms with E-state index in [0.717, 1.165) is 30.8 Å². The van der Waals surface area contributed by atoms with E-state index < -0.39 is 5.54 Å². The number of aliphatic hydroxyl groups is 1. The van der Waals surface area contributed by atoms with Gasteiger partial charge in [0, 0.05) is 12.6 Å². The van der Waals surface area contributed by atoms with E-state index in [2.05, 4.69) is 5.32 Å². The summed E-state index contributed by atoms with van der Waals surface area (Å²) >= 11 is 1.77. The molecule has 0 aromatic rings. The highest BCUT2D eigenvalue weighted by atomic mass is 32.2. The van der Waals surface area contributed by atoms with Crippen molar-refractivity contribution in [3.05, 3.63) is 0 Å². The number of carbonyl (C=O) groups excluding carboxylic acids is 1. The summed E-state index contributed by atoms with van der Waals surface area (Å²) in [5.41, 5.74) is 4.89. The topological polar surface area (TPSA) is 75.3 Å². The van der Waals surface area contributed by atoms with Gasteiger partial charge in [-0.15, -0.1) is 0 Å². The molecule has 100 valence electrons. The van der Waals surface area contributed by atoms with Crippen molar-refractivity contribution in [2.75, 3.05) is 18.1 Å². The van der Waals surface area contributed by atoms with E-state index in [1.165, 1.54) is 0 Å². The molecule has 0 aliphatic heterocycles. The highest BCUT2D eigenvalue weighted by molar-refractivity contribution is 7.99. The van der Waals surface area contributed by atoms with Crippen LogP contribution in [-0.2, 0) is 4.79 Å². The molecule has 0 bridgehead atoms. The molecule has 2 unspecified atom stereocenters. The van der Waals surface area contributed by atoms with Crippen LogP contribution in [0.15, 0.2) is 0 Å². The summed E-state index contributed by atoms with van der Waals surface area (Å²) in [5.74, 6) is 1.87. The van der Waals surface area contributed by atoms with Gasteiger partial charge in [-0.25, -0.2) is 0 Å². The van der Waals surface area contributed by atoms with E-state index in [1.807, 2.05) is 13.8 Å². The molecule has 2 atom stereocenters. The van der Waals surface area contributed by atoms with Gasteiger partial charge in [-0.2, -0.15) is 11.8 Å². The molecule has 0 aromatic heterocycles. The second-order valence-electron chi connectivity index (χ2n) is 5.23. The van der Waals surface area contributed by atoms with Gasteiger partial charge >= 0.3 is 0 Å². The molecular weight excluding hydrogens is 236 g/mol. The Labute approximate surface area is 108 Å². The number of carbonyl (C=O) groups is 1. The van der Waals surface area contributed by atoms with E-state index in [0.29, 0.717) is 12.0 Å². The van der Waals surface area contributed by atoms with Crippen LogP contribution < -0.4 is 11.1 Å². The number of amides is 1. The number of primary amides is 1. The minimum absolute atomic E-state index is 0.223. The molecule has 0 radical (unpaired) electrons. The summed E-state index contributed by atoms with van der Waals surface area (Å²) in [6.07, 6.45) is 3.05. The first-order valence-electron chi connectivity index (χ1n) is 6.24. The minimum atomic E-state index is -0.573. The summed E-state index contributed by atoms with van der Waals surface area (Å²) in [6, 6.07) is 0.480. The second kappa shape index (κ2) is 6.61. The number of hydrogen-bond donors (Lipinski definition) is 3. The number of rotatable bonds is 9. The van der Waals surface area contributed by atoms with Crippen molar-refractivity contribution in [1.29, 1.82) is 0 Å². The molecule has 1 aliphatic carbocycles. The number of thioether (sulfide) groups is 1. The van der Waals surface area contributed by atoms with Gasteiger partial charge < -0.3 is 16.2 Å². The van der Waals surface area contributed by atoms with Gasteiger partial charge in [-0.1, -0.05) is 6.92 Å². The molecule has 17 heavy (non-hydrogen) atoms. The molecule has 0 aromatic carbocycles. The van der Waals surface area contributed by atoms with Crippen molar-refractivity contribution in [2.45, 2.75) is 44.7 Å². The monoisotopic (exact) mass is 260 g/mol. The van der Waals surface area contributed by atoms with Gasteiger partial charge in [0.15, 0.2) is 0 Å². The largest absolute Gasteiger partial charge is 0.396 e. The zero-order valence-electron chi connectivity index (χ0n) is 10.7. The highest BCUT2D eigenvalue weighted by Gasteiger charge is 2.36. The van der Waals surface area contributed by atoms with E-state index >= 15 is 0 Å². The Balaban J connectivity index is 2.26. The first-order chi connectivity index (χ1) is 7.98. The first kappa shape index (κ1) is 14.8. The van der Waals surface area contributed by atoms with Crippen molar-refractivity contribution < 1.29 is 9.90 Å². The van der Waals surface area contributed by atoms with Gasteiger partial charge in [-0.3, -0.25) is 4.79 Å². The predicted molar refractivity (Wildman–Crippen MR) is 71.9 cm³/mol. The Morgan fingerprint density at radius 2 is 2.29 bits per heavy atom. The Morgan fingerprint density at radius 1 is 1.65 bits per heavy atom. The van der Waals surface area contributed by atoms with Crippen LogP contribution in [0.25, 0.3) is 0 Å². The molecule has 1 fully saturated rings. The summed E-state index contributed by atoms with van der Waals surface area (Å²) in [4.78, 5) is 11.5. The van der Waals surface area contributed by atoms with Crippen molar-refractivity contribution >= 4 is 17.7 Å². The van der Waals surface area contributed by atoms with Crippen LogP contribution in [0.1, 0.15) is 33.1 Å². The Morgan fingerprint density at radius 3 is 2.76 bits per heavy atom. The van der Waals surface area contributed by atoms with Crippen molar-refractivity contribution in [1.82, 2.24) is 5.32 Å². The lowest BCUT2D eigenvalue weighted by molar-refractivity contribution is -0.124. The second-order valence-corrected chi connectivity index (χ2v) is 6.38. The van der Waals surface area contributed by atoms with Crippen LogP contribution in [0.3, 0.4) is 0 Å². The highest BCUT2D eigenvalue weighted by Crippen LogP contribution is 2.25. The van der Waals surface area contributed by atoms with Gasteiger partial charge in [0.25, 0.3) is 0 Å². The summed E-state index contributed by atoms with van der Waals surface area (Å²) < 4.78 is 0. The van der Waals surface area contributed by atoms with Crippen LogP contribution in [-0.4, -0.2) is 40.7 Å². The minimum Gasteiger partial charge on any atom is -0.396 e. The van der Waals surface area contributed by atoms with Gasteiger partial charge in [0.1, 0.15) is 0 Å². The summed E-state index contributed by atoms with van der Waals surface area (Å²) in [7, 11) is 0. The zero-order chi connectivity index (χ0) is 12.9. The molecule has 0 saturated heterocycles. The smallest absolute Gasteiger partial charge is 0.237 e. The first-order valence-corrected chi connectivity index (χ1v) is 7.39. The Bertz CT molecular complexity index is 259. The number of nitrogens with one attached hydrogen (secondary N) is 1. The normalized spacial score (nSPS) is 20.9.